The lowest BCUT2D eigenvalue weighted by Gasteiger charge is -2.09. The van der Waals surface area contributed by atoms with E-state index in [2.05, 4.69) is 36.5 Å². The summed E-state index contributed by atoms with van der Waals surface area (Å²) in [5.74, 6) is 1.73. The summed E-state index contributed by atoms with van der Waals surface area (Å²) in [6.07, 6.45) is 0.926. The van der Waals surface area contributed by atoms with Gasteiger partial charge < -0.3 is 14.8 Å². The molecule has 3 heteroatoms. The van der Waals surface area contributed by atoms with E-state index in [1.165, 1.54) is 11.1 Å². The highest BCUT2D eigenvalue weighted by Crippen LogP contribution is 2.22. The van der Waals surface area contributed by atoms with Gasteiger partial charge in [0.2, 0.25) is 0 Å². The molecule has 0 saturated heterocycles. The summed E-state index contributed by atoms with van der Waals surface area (Å²) in [6, 6.07) is 16.3. The fourth-order valence-corrected chi connectivity index (χ4v) is 2.07. The van der Waals surface area contributed by atoms with Crippen molar-refractivity contribution in [1.82, 2.24) is 5.32 Å². The van der Waals surface area contributed by atoms with Crippen molar-refractivity contribution in [3.8, 4) is 11.5 Å². The van der Waals surface area contributed by atoms with Crippen LogP contribution in [0.5, 0.6) is 11.5 Å². The third-order valence-electron chi connectivity index (χ3n) is 3.23. The Bertz CT molecular complexity index is 537. The van der Waals surface area contributed by atoms with Crippen molar-refractivity contribution in [2.24, 2.45) is 0 Å². The molecule has 0 fully saturated rings. The Labute approximate surface area is 126 Å². The fourth-order valence-electron chi connectivity index (χ4n) is 2.07. The number of hydrogen-bond donors (Lipinski definition) is 1. The molecule has 112 valence electrons. The summed E-state index contributed by atoms with van der Waals surface area (Å²) in [6.45, 7) is 4.68. The van der Waals surface area contributed by atoms with E-state index in [4.69, 9.17) is 9.47 Å². The fraction of sp³-hybridized carbons (Fsp3) is 0.333. The van der Waals surface area contributed by atoms with Crippen LogP contribution in [-0.2, 0) is 17.7 Å². The summed E-state index contributed by atoms with van der Waals surface area (Å²) >= 11 is 0. The molecule has 0 spiro atoms. The van der Waals surface area contributed by atoms with E-state index in [0.29, 0.717) is 0 Å². The molecular weight excluding hydrogens is 262 g/mol. The molecule has 0 aliphatic heterocycles. The first kappa shape index (κ1) is 15.5. The number of methoxy groups -OCH3 is 1. The molecular formula is C18H23NO2. The number of hydrogen-bond acceptors (Lipinski definition) is 3. The van der Waals surface area contributed by atoms with Crippen molar-refractivity contribution in [3.63, 3.8) is 0 Å². The average Bonchev–Trinajstić information content (AvgIpc) is 2.53. The number of benzene rings is 2. The van der Waals surface area contributed by atoms with Crippen LogP contribution in [0.3, 0.4) is 0 Å². The summed E-state index contributed by atoms with van der Waals surface area (Å²) < 4.78 is 11.0. The standard InChI is InChI=1S/C18H23NO2/c1-3-19-14-16-5-4-6-18(13-16)21-17-9-7-15(8-10-17)11-12-20-2/h4-10,13,19H,3,11-12,14H2,1-2H3. The van der Waals surface area contributed by atoms with Crippen molar-refractivity contribution >= 4 is 0 Å². The first-order valence-corrected chi connectivity index (χ1v) is 7.37. The van der Waals surface area contributed by atoms with Crippen molar-refractivity contribution < 1.29 is 9.47 Å². The second-order valence-electron chi connectivity index (χ2n) is 4.92. The van der Waals surface area contributed by atoms with Crippen LogP contribution < -0.4 is 10.1 Å². The lowest BCUT2D eigenvalue weighted by molar-refractivity contribution is 0.202. The third kappa shape index (κ3) is 5.21. The molecule has 0 amide bonds. The molecule has 0 unspecified atom stereocenters. The van der Waals surface area contributed by atoms with Gasteiger partial charge in [-0.25, -0.2) is 0 Å². The minimum atomic E-state index is 0.743. The van der Waals surface area contributed by atoms with Crippen LogP contribution in [0, 0.1) is 0 Å². The molecule has 21 heavy (non-hydrogen) atoms. The van der Waals surface area contributed by atoms with Crippen LogP contribution >= 0.6 is 0 Å². The lowest BCUT2D eigenvalue weighted by Crippen LogP contribution is -2.11. The van der Waals surface area contributed by atoms with Gasteiger partial charge in [0.25, 0.3) is 0 Å². The van der Waals surface area contributed by atoms with Gasteiger partial charge in [-0.15, -0.1) is 0 Å². The van der Waals surface area contributed by atoms with Crippen LogP contribution in [0.4, 0.5) is 0 Å². The lowest BCUT2D eigenvalue weighted by atomic mass is 10.1. The molecule has 1 N–H and O–H groups in total. The SMILES string of the molecule is CCNCc1cccc(Oc2ccc(CCOC)cc2)c1. The second-order valence-corrected chi connectivity index (χ2v) is 4.92. The van der Waals surface area contributed by atoms with E-state index in [1.807, 2.05) is 24.3 Å². The minimum absolute atomic E-state index is 0.743. The van der Waals surface area contributed by atoms with Gasteiger partial charge in [0.15, 0.2) is 0 Å². The molecule has 0 aliphatic carbocycles. The zero-order valence-corrected chi connectivity index (χ0v) is 12.8. The summed E-state index contributed by atoms with van der Waals surface area (Å²) in [5, 5.41) is 3.32. The molecule has 0 atom stereocenters. The van der Waals surface area contributed by atoms with E-state index >= 15 is 0 Å². The predicted octanol–water partition coefficient (Wildman–Crippen LogP) is 3.78. The first-order chi connectivity index (χ1) is 10.3. The normalized spacial score (nSPS) is 10.6. The number of rotatable bonds is 8. The predicted molar refractivity (Wildman–Crippen MR) is 85.9 cm³/mol. The molecule has 2 aromatic rings. The summed E-state index contributed by atoms with van der Waals surface area (Å²) in [7, 11) is 1.72. The maximum atomic E-state index is 5.90. The topological polar surface area (TPSA) is 30.5 Å². The molecule has 0 heterocycles. The van der Waals surface area contributed by atoms with E-state index in [-0.39, 0.29) is 0 Å². The highest BCUT2D eigenvalue weighted by molar-refractivity contribution is 5.35. The van der Waals surface area contributed by atoms with Gasteiger partial charge in [0.05, 0.1) is 6.61 Å². The van der Waals surface area contributed by atoms with Crippen molar-refractivity contribution in [2.75, 3.05) is 20.3 Å². The summed E-state index contributed by atoms with van der Waals surface area (Å²) in [5.41, 5.74) is 2.48. The third-order valence-corrected chi connectivity index (χ3v) is 3.23. The Morgan fingerprint density at radius 2 is 1.76 bits per heavy atom. The van der Waals surface area contributed by atoms with Crippen molar-refractivity contribution in [3.05, 3.63) is 59.7 Å². The van der Waals surface area contributed by atoms with Crippen LogP contribution in [0.1, 0.15) is 18.1 Å². The van der Waals surface area contributed by atoms with Gasteiger partial charge in [-0.05, 0) is 48.4 Å². The number of ether oxygens (including phenoxy) is 2. The quantitative estimate of drug-likeness (QED) is 0.800. The van der Waals surface area contributed by atoms with Crippen LogP contribution in [-0.4, -0.2) is 20.3 Å². The van der Waals surface area contributed by atoms with Gasteiger partial charge in [-0.1, -0.05) is 31.2 Å². The van der Waals surface area contributed by atoms with Crippen LogP contribution in [0.25, 0.3) is 0 Å². The zero-order valence-electron chi connectivity index (χ0n) is 12.8. The molecule has 2 aromatic carbocycles. The molecule has 2 rings (SSSR count). The smallest absolute Gasteiger partial charge is 0.127 e. The van der Waals surface area contributed by atoms with Crippen molar-refractivity contribution in [2.45, 2.75) is 19.9 Å². The Hall–Kier alpha value is -1.84. The molecule has 0 saturated carbocycles. The van der Waals surface area contributed by atoms with Crippen molar-refractivity contribution in [1.29, 1.82) is 0 Å². The van der Waals surface area contributed by atoms with E-state index in [9.17, 15) is 0 Å². The average molecular weight is 285 g/mol. The van der Waals surface area contributed by atoms with Crippen LogP contribution in [0.2, 0.25) is 0 Å². The maximum absolute atomic E-state index is 5.90. The highest BCUT2D eigenvalue weighted by Gasteiger charge is 2.00. The minimum Gasteiger partial charge on any atom is -0.457 e. The van der Waals surface area contributed by atoms with Gasteiger partial charge in [-0.3, -0.25) is 0 Å². The Morgan fingerprint density at radius 1 is 0.952 bits per heavy atom. The monoisotopic (exact) mass is 285 g/mol. The zero-order chi connectivity index (χ0) is 14.9. The second kappa shape index (κ2) is 8.45. The van der Waals surface area contributed by atoms with Gasteiger partial charge in [-0.2, -0.15) is 0 Å². The van der Waals surface area contributed by atoms with Gasteiger partial charge in [0, 0.05) is 13.7 Å². The highest BCUT2D eigenvalue weighted by atomic mass is 16.5. The van der Waals surface area contributed by atoms with Gasteiger partial charge >= 0.3 is 0 Å². The Balaban J connectivity index is 1.97. The van der Waals surface area contributed by atoms with Crippen LogP contribution in [0.15, 0.2) is 48.5 Å². The van der Waals surface area contributed by atoms with Gasteiger partial charge in [0.1, 0.15) is 11.5 Å². The largest absolute Gasteiger partial charge is 0.457 e. The van der Waals surface area contributed by atoms with E-state index in [1.54, 1.807) is 7.11 Å². The molecule has 3 nitrogen and oxygen atoms in total. The Morgan fingerprint density at radius 3 is 2.48 bits per heavy atom. The first-order valence-electron chi connectivity index (χ1n) is 7.37. The molecule has 0 bridgehead atoms. The van der Waals surface area contributed by atoms with E-state index < -0.39 is 0 Å². The molecule has 0 radical (unpaired) electrons. The molecule has 0 aliphatic rings. The maximum Gasteiger partial charge on any atom is 0.127 e. The Kier molecular flexibility index (Phi) is 6.25. The summed E-state index contributed by atoms with van der Waals surface area (Å²) in [4.78, 5) is 0. The number of nitrogens with one attached hydrogen (secondary N) is 1. The van der Waals surface area contributed by atoms with E-state index in [0.717, 1.165) is 37.6 Å². The molecule has 0 aromatic heterocycles.